The summed E-state index contributed by atoms with van der Waals surface area (Å²) in [5.41, 5.74) is 15.6. The van der Waals surface area contributed by atoms with E-state index in [-0.39, 0.29) is 0 Å². The lowest BCUT2D eigenvalue weighted by Gasteiger charge is -2.26. The standard InChI is InChI=1S/C66H42N2O/c1-3-14-56-46(10-1)20-21-48-22-23-50(41-61(48)56)44-26-34-53(35-27-44)67(54-36-28-45(29-37-54)51-31-39-65-62(42-51)60-38-30-47-11-2-4-15-57(47)66(60)69-65)52-32-24-43(25-33-52)49-12-9-13-55(40-49)68-63-18-7-5-16-58(63)59-17-6-8-19-64(59)68/h1-42H. The van der Waals surface area contributed by atoms with Gasteiger partial charge in [-0.3, -0.25) is 0 Å². The van der Waals surface area contributed by atoms with E-state index in [4.69, 9.17) is 4.42 Å². The van der Waals surface area contributed by atoms with E-state index in [9.17, 15) is 0 Å². The van der Waals surface area contributed by atoms with Crippen molar-refractivity contribution in [2.45, 2.75) is 0 Å². The van der Waals surface area contributed by atoms with Gasteiger partial charge in [-0.2, -0.15) is 0 Å². The van der Waals surface area contributed by atoms with E-state index in [0.717, 1.165) is 66.8 Å². The first-order chi connectivity index (χ1) is 34.2. The summed E-state index contributed by atoms with van der Waals surface area (Å²) in [6.07, 6.45) is 0. The van der Waals surface area contributed by atoms with E-state index in [2.05, 4.69) is 264 Å². The molecule has 0 N–H and O–H groups in total. The highest BCUT2D eigenvalue weighted by atomic mass is 16.3. The minimum Gasteiger partial charge on any atom is -0.455 e. The molecule has 0 aliphatic carbocycles. The first-order valence-corrected chi connectivity index (χ1v) is 23.6. The highest BCUT2D eigenvalue weighted by molar-refractivity contribution is 6.16. The van der Waals surface area contributed by atoms with E-state index in [1.807, 2.05) is 0 Å². The average molecular weight is 879 g/mol. The van der Waals surface area contributed by atoms with Gasteiger partial charge < -0.3 is 13.9 Å². The van der Waals surface area contributed by atoms with Crippen LogP contribution in [0.5, 0.6) is 0 Å². The molecule has 69 heavy (non-hydrogen) atoms. The van der Waals surface area contributed by atoms with Crippen LogP contribution in [0.4, 0.5) is 17.1 Å². The third-order valence-electron chi connectivity index (χ3n) is 14.2. The maximum atomic E-state index is 6.46. The van der Waals surface area contributed by atoms with Crippen LogP contribution >= 0.6 is 0 Å². The topological polar surface area (TPSA) is 21.3 Å². The van der Waals surface area contributed by atoms with Crippen LogP contribution in [0.25, 0.3) is 115 Å². The van der Waals surface area contributed by atoms with Crippen molar-refractivity contribution >= 4 is 93.1 Å². The van der Waals surface area contributed by atoms with Crippen LogP contribution in [-0.2, 0) is 0 Å². The molecule has 2 aromatic heterocycles. The van der Waals surface area contributed by atoms with Crippen LogP contribution < -0.4 is 4.90 Å². The van der Waals surface area contributed by atoms with Crippen molar-refractivity contribution < 1.29 is 4.42 Å². The normalized spacial score (nSPS) is 11.8. The summed E-state index contributed by atoms with van der Waals surface area (Å²) in [5, 5.41) is 12.1. The van der Waals surface area contributed by atoms with Crippen molar-refractivity contribution in [2.24, 2.45) is 0 Å². The van der Waals surface area contributed by atoms with Crippen molar-refractivity contribution in [3.63, 3.8) is 0 Å². The summed E-state index contributed by atoms with van der Waals surface area (Å²) in [5.74, 6) is 0. The number of para-hydroxylation sites is 2. The van der Waals surface area contributed by atoms with Gasteiger partial charge in [-0.15, -0.1) is 0 Å². The summed E-state index contributed by atoms with van der Waals surface area (Å²) in [6, 6.07) is 92.5. The third-order valence-corrected chi connectivity index (χ3v) is 14.2. The van der Waals surface area contributed by atoms with E-state index >= 15 is 0 Å². The van der Waals surface area contributed by atoms with Gasteiger partial charge in [-0.1, -0.05) is 170 Å². The first-order valence-electron chi connectivity index (χ1n) is 23.6. The summed E-state index contributed by atoms with van der Waals surface area (Å²) in [6.45, 7) is 0. The van der Waals surface area contributed by atoms with Gasteiger partial charge >= 0.3 is 0 Å². The third kappa shape index (κ3) is 6.51. The minimum atomic E-state index is 0.898. The Labute approximate surface area is 399 Å². The molecule has 0 aliphatic heterocycles. The molecule has 0 spiro atoms. The first kappa shape index (κ1) is 39.0. The Morgan fingerprint density at radius 2 is 0.725 bits per heavy atom. The number of anilines is 3. The van der Waals surface area contributed by atoms with E-state index < -0.39 is 0 Å². The Kier molecular flexibility index (Phi) is 8.90. The lowest BCUT2D eigenvalue weighted by molar-refractivity contribution is 0.672. The lowest BCUT2D eigenvalue weighted by atomic mass is 9.97. The number of furan rings is 1. The summed E-state index contributed by atoms with van der Waals surface area (Å²) >= 11 is 0. The van der Waals surface area contributed by atoms with Crippen molar-refractivity contribution in [3.8, 4) is 39.1 Å². The molecule has 0 saturated heterocycles. The number of hydrogen-bond donors (Lipinski definition) is 0. The van der Waals surface area contributed by atoms with Crippen LogP contribution in [-0.4, -0.2) is 4.57 Å². The number of hydrogen-bond acceptors (Lipinski definition) is 2. The van der Waals surface area contributed by atoms with Crippen LogP contribution in [0.2, 0.25) is 0 Å². The Hall–Kier alpha value is -9.18. The van der Waals surface area contributed by atoms with Gasteiger partial charge in [0.05, 0.1) is 11.0 Å². The monoisotopic (exact) mass is 878 g/mol. The highest BCUT2D eigenvalue weighted by Gasteiger charge is 2.17. The molecule has 2 heterocycles. The van der Waals surface area contributed by atoms with Gasteiger partial charge in [0.1, 0.15) is 11.2 Å². The van der Waals surface area contributed by atoms with Gasteiger partial charge in [0.25, 0.3) is 0 Å². The van der Waals surface area contributed by atoms with Crippen molar-refractivity contribution in [2.75, 3.05) is 4.90 Å². The Balaban J connectivity index is 0.839. The molecular weight excluding hydrogens is 837 g/mol. The van der Waals surface area contributed by atoms with Crippen LogP contribution in [0.1, 0.15) is 0 Å². The van der Waals surface area contributed by atoms with Gasteiger partial charge in [-0.05, 0) is 145 Å². The van der Waals surface area contributed by atoms with Crippen LogP contribution in [0, 0.1) is 0 Å². The van der Waals surface area contributed by atoms with E-state index in [1.165, 1.54) is 65.4 Å². The molecule has 0 aliphatic rings. The van der Waals surface area contributed by atoms with E-state index in [0.29, 0.717) is 0 Å². The number of nitrogens with zero attached hydrogens (tertiary/aromatic N) is 2. The summed E-state index contributed by atoms with van der Waals surface area (Å²) < 4.78 is 8.84. The largest absolute Gasteiger partial charge is 0.455 e. The zero-order valence-corrected chi connectivity index (χ0v) is 37.6. The van der Waals surface area contributed by atoms with Crippen molar-refractivity contribution in [1.29, 1.82) is 0 Å². The van der Waals surface area contributed by atoms with Crippen LogP contribution in [0.15, 0.2) is 259 Å². The molecule has 14 rings (SSSR count). The fourth-order valence-corrected chi connectivity index (χ4v) is 10.7. The smallest absolute Gasteiger partial charge is 0.143 e. The van der Waals surface area contributed by atoms with Crippen LogP contribution in [0.3, 0.4) is 0 Å². The number of benzene rings is 12. The fourth-order valence-electron chi connectivity index (χ4n) is 10.7. The zero-order valence-electron chi connectivity index (χ0n) is 37.6. The predicted octanol–water partition coefficient (Wildman–Crippen LogP) is 18.6. The fraction of sp³-hybridized carbons (Fsp3) is 0. The average Bonchev–Trinajstić information content (AvgIpc) is 3.97. The quantitative estimate of drug-likeness (QED) is 0.149. The molecule has 0 amide bonds. The van der Waals surface area contributed by atoms with Gasteiger partial charge in [0, 0.05) is 49.7 Å². The Morgan fingerprint density at radius 1 is 0.275 bits per heavy atom. The SMILES string of the molecule is c1cc(-c2ccc(N(c3ccc(-c4ccc5ccc6ccccc6c5c4)cc3)c3ccc(-c4ccc5oc6c7ccccc7ccc6c5c4)cc3)cc2)cc(-n2c3ccccc3c3ccccc32)c1. The van der Waals surface area contributed by atoms with Gasteiger partial charge in [0.2, 0.25) is 0 Å². The molecular formula is C66H42N2O. The Morgan fingerprint density at radius 3 is 1.35 bits per heavy atom. The van der Waals surface area contributed by atoms with Crippen molar-refractivity contribution in [1.82, 2.24) is 4.57 Å². The van der Waals surface area contributed by atoms with E-state index in [1.54, 1.807) is 0 Å². The molecule has 322 valence electrons. The second-order valence-electron chi connectivity index (χ2n) is 18.1. The van der Waals surface area contributed by atoms with Crippen molar-refractivity contribution in [3.05, 3.63) is 255 Å². The molecule has 0 saturated carbocycles. The molecule has 0 atom stereocenters. The molecule has 14 aromatic rings. The lowest BCUT2D eigenvalue weighted by Crippen LogP contribution is -2.09. The molecule has 0 bridgehead atoms. The number of fused-ring (bicyclic) bond motifs is 11. The van der Waals surface area contributed by atoms with Gasteiger partial charge in [-0.25, -0.2) is 0 Å². The summed E-state index contributed by atoms with van der Waals surface area (Å²) in [7, 11) is 0. The molecule has 0 fully saturated rings. The molecule has 3 heteroatoms. The predicted molar refractivity (Wildman–Crippen MR) is 292 cm³/mol. The molecule has 12 aromatic carbocycles. The number of aromatic nitrogens is 1. The molecule has 0 unspecified atom stereocenters. The molecule has 0 radical (unpaired) electrons. The zero-order chi connectivity index (χ0) is 45.4. The minimum absolute atomic E-state index is 0.898. The Bertz CT molecular complexity index is 4240. The second kappa shape index (κ2) is 15.7. The maximum Gasteiger partial charge on any atom is 0.143 e. The maximum absolute atomic E-state index is 6.46. The summed E-state index contributed by atoms with van der Waals surface area (Å²) in [4.78, 5) is 2.36. The number of rotatable bonds is 7. The molecule has 3 nitrogen and oxygen atoms in total. The second-order valence-corrected chi connectivity index (χ2v) is 18.1. The highest BCUT2D eigenvalue weighted by Crippen LogP contribution is 2.41. The van der Waals surface area contributed by atoms with Gasteiger partial charge in [0.15, 0.2) is 0 Å².